The summed E-state index contributed by atoms with van der Waals surface area (Å²) < 4.78 is 4.62. The molecule has 0 heterocycles. The van der Waals surface area contributed by atoms with Gasteiger partial charge < -0.3 is 4.74 Å². The van der Waals surface area contributed by atoms with Gasteiger partial charge in [0.2, 0.25) is 0 Å². The summed E-state index contributed by atoms with van der Waals surface area (Å²) in [6.45, 7) is 3.81. The maximum atomic E-state index is 4.62. The van der Waals surface area contributed by atoms with Gasteiger partial charge in [-0.2, -0.15) is 0 Å². The standard InChI is InChI=1S/C11H19O/c1-3-4-5-6-7-8-9-10-11-12-2/h1,3-9H2,2H3. The van der Waals surface area contributed by atoms with E-state index in [0.29, 0.717) is 0 Å². The van der Waals surface area contributed by atoms with Crippen LogP contribution < -0.4 is 0 Å². The van der Waals surface area contributed by atoms with Crippen LogP contribution >= 0.6 is 0 Å². The van der Waals surface area contributed by atoms with Crippen LogP contribution in [0.1, 0.15) is 44.9 Å². The first-order valence-corrected chi connectivity index (χ1v) is 4.72. The highest BCUT2D eigenvalue weighted by Gasteiger charge is 1.87. The van der Waals surface area contributed by atoms with Crippen molar-refractivity contribution in [1.29, 1.82) is 0 Å². The largest absolute Gasteiger partial charge is 0.450 e. The third-order valence-corrected chi connectivity index (χ3v) is 1.73. The predicted octanol–water partition coefficient (Wildman–Crippen LogP) is 3.16. The van der Waals surface area contributed by atoms with Crippen LogP contribution in [-0.4, -0.2) is 7.11 Å². The van der Waals surface area contributed by atoms with Crippen LogP contribution in [0.25, 0.3) is 0 Å². The minimum Gasteiger partial charge on any atom is -0.450 e. The Morgan fingerprint density at radius 2 is 1.75 bits per heavy atom. The van der Waals surface area contributed by atoms with Gasteiger partial charge in [0.05, 0.1) is 7.11 Å². The molecule has 0 rings (SSSR count). The number of rotatable bonds is 6. The SMILES string of the molecule is [CH2]CCCCCCCC#COC. The van der Waals surface area contributed by atoms with Gasteiger partial charge in [0, 0.05) is 6.42 Å². The van der Waals surface area contributed by atoms with E-state index in [1.807, 2.05) is 0 Å². The van der Waals surface area contributed by atoms with Gasteiger partial charge in [0.25, 0.3) is 0 Å². The molecule has 0 aliphatic rings. The third-order valence-electron chi connectivity index (χ3n) is 1.73. The minimum absolute atomic E-state index is 0.970. The highest BCUT2D eigenvalue weighted by molar-refractivity contribution is 4.90. The van der Waals surface area contributed by atoms with Crippen molar-refractivity contribution in [3.63, 3.8) is 0 Å². The van der Waals surface area contributed by atoms with Gasteiger partial charge in [0.1, 0.15) is 6.11 Å². The Morgan fingerprint density at radius 3 is 2.42 bits per heavy atom. The summed E-state index contributed by atoms with van der Waals surface area (Å²) in [6.07, 6.45) is 11.0. The topological polar surface area (TPSA) is 9.23 Å². The van der Waals surface area contributed by atoms with Crippen molar-refractivity contribution in [3.05, 3.63) is 6.92 Å². The van der Waals surface area contributed by atoms with Crippen LogP contribution in [0.2, 0.25) is 0 Å². The average molecular weight is 167 g/mol. The molecule has 0 aliphatic heterocycles. The van der Waals surface area contributed by atoms with Crippen molar-refractivity contribution in [2.75, 3.05) is 7.11 Å². The van der Waals surface area contributed by atoms with Gasteiger partial charge in [-0.3, -0.25) is 0 Å². The molecule has 0 aromatic rings. The van der Waals surface area contributed by atoms with Gasteiger partial charge in [0.15, 0.2) is 0 Å². The molecule has 69 valence electrons. The average Bonchev–Trinajstić information content (AvgIpc) is 2.10. The molecule has 0 saturated heterocycles. The molecular weight excluding hydrogens is 148 g/mol. The number of hydrogen-bond acceptors (Lipinski definition) is 1. The monoisotopic (exact) mass is 167 g/mol. The lowest BCUT2D eigenvalue weighted by atomic mass is 10.1. The zero-order valence-corrected chi connectivity index (χ0v) is 8.07. The number of methoxy groups -OCH3 is 1. The van der Waals surface area contributed by atoms with Crippen molar-refractivity contribution >= 4 is 0 Å². The minimum atomic E-state index is 0.970. The molecular formula is C11H19O. The van der Waals surface area contributed by atoms with Crippen LogP contribution in [0.4, 0.5) is 0 Å². The quantitative estimate of drug-likeness (QED) is 0.436. The summed E-state index contributed by atoms with van der Waals surface area (Å²) in [4.78, 5) is 0. The Morgan fingerprint density at radius 1 is 1.08 bits per heavy atom. The van der Waals surface area contributed by atoms with E-state index in [1.165, 1.54) is 32.1 Å². The molecule has 0 atom stereocenters. The zero-order valence-electron chi connectivity index (χ0n) is 8.07. The summed E-state index contributed by atoms with van der Waals surface area (Å²) in [6, 6.07) is 0. The maximum absolute atomic E-state index is 4.62. The fourth-order valence-electron chi connectivity index (χ4n) is 1.04. The third kappa shape index (κ3) is 9.36. The Kier molecular flexibility index (Phi) is 9.81. The van der Waals surface area contributed by atoms with Gasteiger partial charge in [-0.25, -0.2) is 0 Å². The second kappa shape index (κ2) is 10.4. The summed E-state index contributed by atoms with van der Waals surface area (Å²) in [5, 5.41) is 0. The maximum Gasteiger partial charge on any atom is 0.109 e. The van der Waals surface area contributed by atoms with Crippen molar-refractivity contribution < 1.29 is 4.74 Å². The Balaban J connectivity index is 2.91. The second-order valence-corrected chi connectivity index (χ2v) is 2.85. The lowest BCUT2D eigenvalue weighted by Gasteiger charge is -1.96. The Bertz CT molecular complexity index is 130. The van der Waals surface area contributed by atoms with Crippen LogP contribution in [0.3, 0.4) is 0 Å². The van der Waals surface area contributed by atoms with Crippen molar-refractivity contribution in [2.24, 2.45) is 0 Å². The first kappa shape index (κ1) is 11.4. The molecule has 0 saturated carbocycles. The van der Waals surface area contributed by atoms with Gasteiger partial charge >= 0.3 is 0 Å². The van der Waals surface area contributed by atoms with E-state index in [0.717, 1.165) is 12.8 Å². The zero-order chi connectivity index (χ0) is 9.07. The molecule has 1 radical (unpaired) electrons. The molecule has 1 heteroatoms. The number of unbranched alkanes of at least 4 members (excludes halogenated alkanes) is 6. The van der Waals surface area contributed by atoms with Crippen molar-refractivity contribution in [3.8, 4) is 12.0 Å². The molecule has 0 amide bonds. The Hall–Kier alpha value is -0.640. The summed E-state index contributed by atoms with van der Waals surface area (Å²) in [7, 11) is 1.60. The normalized spacial score (nSPS) is 8.83. The van der Waals surface area contributed by atoms with E-state index >= 15 is 0 Å². The molecule has 0 unspecified atom stereocenters. The van der Waals surface area contributed by atoms with Crippen LogP contribution in [0, 0.1) is 19.0 Å². The van der Waals surface area contributed by atoms with Crippen LogP contribution in [-0.2, 0) is 4.74 Å². The van der Waals surface area contributed by atoms with Crippen LogP contribution in [0.15, 0.2) is 0 Å². The first-order chi connectivity index (χ1) is 5.91. The van der Waals surface area contributed by atoms with E-state index in [2.05, 4.69) is 23.7 Å². The van der Waals surface area contributed by atoms with Gasteiger partial charge in [-0.15, -0.1) is 0 Å². The second-order valence-electron chi connectivity index (χ2n) is 2.85. The molecule has 0 fully saturated rings. The van der Waals surface area contributed by atoms with E-state index in [-0.39, 0.29) is 0 Å². The van der Waals surface area contributed by atoms with Gasteiger partial charge in [-0.05, 0) is 6.42 Å². The fraction of sp³-hybridized carbons (Fsp3) is 0.727. The highest BCUT2D eigenvalue weighted by Crippen LogP contribution is 2.05. The number of hydrogen-bond donors (Lipinski definition) is 0. The van der Waals surface area contributed by atoms with E-state index in [1.54, 1.807) is 7.11 Å². The first-order valence-electron chi connectivity index (χ1n) is 4.72. The van der Waals surface area contributed by atoms with E-state index in [9.17, 15) is 0 Å². The molecule has 0 aromatic carbocycles. The molecule has 0 aliphatic carbocycles. The molecule has 0 bridgehead atoms. The molecule has 12 heavy (non-hydrogen) atoms. The van der Waals surface area contributed by atoms with Crippen molar-refractivity contribution in [2.45, 2.75) is 44.9 Å². The number of ether oxygens (including phenoxy) is 1. The van der Waals surface area contributed by atoms with Crippen molar-refractivity contribution in [1.82, 2.24) is 0 Å². The Labute approximate surface area is 76.5 Å². The lowest BCUT2D eigenvalue weighted by molar-refractivity contribution is 0.371. The lowest BCUT2D eigenvalue weighted by Crippen LogP contribution is -1.78. The molecule has 0 spiro atoms. The van der Waals surface area contributed by atoms with Gasteiger partial charge in [-0.1, -0.05) is 44.9 Å². The summed E-state index contributed by atoms with van der Waals surface area (Å²) in [5.74, 6) is 2.94. The molecule has 1 nitrogen and oxygen atoms in total. The van der Waals surface area contributed by atoms with Crippen LogP contribution in [0.5, 0.6) is 0 Å². The predicted molar refractivity (Wildman–Crippen MR) is 52.5 cm³/mol. The molecule has 0 N–H and O–H groups in total. The summed E-state index contributed by atoms with van der Waals surface area (Å²) >= 11 is 0. The highest BCUT2D eigenvalue weighted by atomic mass is 16.5. The fourth-order valence-corrected chi connectivity index (χ4v) is 1.04. The summed E-state index contributed by atoms with van der Waals surface area (Å²) in [5.41, 5.74) is 0. The van der Waals surface area contributed by atoms with E-state index in [4.69, 9.17) is 0 Å². The van der Waals surface area contributed by atoms with E-state index < -0.39 is 0 Å². The smallest absolute Gasteiger partial charge is 0.109 e. The molecule has 0 aromatic heterocycles.